The van der Waals surface area contributed by atoms with Gasteiger partial charge in [-0.2, -0.15) is 0 Å². The fourth-order valence-corrected chi connectivity index (χ4v) is 4.32. The predicted octanol–water partition coefficient (Wildman–Crippen LogP) is 2.72. The van der Waals surface area contributed by atoms with E-state index in [1.54, 1.807) is 0 Å². The van der Waals surface area contributed by atoms with Gasteiger partial charge in [-0.1, -0.05) is 29.8 Å². The highest BCUT2D eigenvalue weighted by Gasteiger charge is 2.45. The van der Waals surface area contributed by atoms with Crippen LogP contribution in [-0.4, -0.2) is 34.2 Å². The van der Waals surface area contributed by atoms with Crippen molar-refractivity contribution in [3.05, 3.63) is 34.9 Å². The highest BCUT2D eigenvalue weighted by Crippen LogP contribution is 2.43. The summed E-state index contributed by atoms with van der Waals surface area (Å²) >= 11 is 6.40. The molecule has 2 saturated heterocycles. The number of nitrogens with zero attached hydrogens (tertiary/aromatic N) is 1. The van der Waals surface area contributed by atoms with Crippen LogP contribution >= 0.6 is 11.6 Å². The molecule has 0 amide bonds. The number of benzene rings is 1. The summed E-state index contributed by atoms with van der Waals surface area (Å²) in [6.07, 6.45) is 3.91. The Morgan fingerprint density at radius 3 is 2.40 bits per heavy atom. The van der Waals surface area contributed by atoms with E-state index < -0.39 is 0 Å². The van der Waals surface area contributed by atoms with Gasteiger partial charge < -0.3 is 10.8 Å². The van der Waals surface area contributed by atoms with E-state index in [0.29, 0.717) is 12.1 Å². The molecule has 0 saturated carbocycles. The van der Waals surface area contributed by atoms with Crippen LogP contribution in [0.25, 0.3) is 0 Å². The third kappa shape index (κ3) is 2.48. The van der Waals surface area contributed by atoms with E-state index in [-0.39, 0.29) is 18.2 Å². The van der Waals surface area contributed by atoms with Gasteiger partial charge in [0, 0.05) is 23.1 Å². The van der Waals surface area contributed by atoms with Crippen LogP contribution in [0.4, 0.5) is 0 Å². The minimum absolute atomic E-state index is 0.0215. The van der Waals surface area contributed by atoms with Gasteiger partial charge in [-0.3, -0.25) is 4.90 Å². The summed E-state index contributed by atoms with van der Waals surface area (Å²) in [6.45, 7) is 2.05. The molecule has 20 heavy (non-hydrogen) atoms. The Morgan fingerprint density at radius 1 is 1.25 bits per heavy atom. The van der Waals surface area contributed by atoms with Gasteiger partial charge in [0.1, 0.15) is 0 Å². The van der Waals surface area contributed by atoms with Crippen molar-refractivity contribution in [1.82, 2.24) is 4.90 Å². The van der Waals surface area contributed by atoms with Crippen molar-refractivity contribution in [3.8, 4) is 0 Å². The number of piperidine rings is 1. The Kier molecular flexibility index (Phi) is 4.04. The first kappa shape index (κ1) is 14.3. The van der Waals surface area contributed by atoms with Crippen molar-refractivity contribution < 1.29 is 5.11 Å². The smallest absolute Gasteiger partial charge is 0.0570 e. The molecule has 4 heteroatoms. The third-order valence-electron chi connectivity index (χ3n) is 4.81. The van der Waals surface area contributed by atoms with E-state index in [0.717, 1.165) is 36.3 Å². The quantitative estimate of drug-likeness (QED) is 0.901. The summed E-state index contributed by atoms with van der Waals surface area (Å²) in [5, 5.41) is 10.8. The van der Waals surface area contributed by atoms with Gasteiger partial charge in [0.2, 0.25) is 0 Å². The fraction of sp³-hybridized carbons (Fsp3) is 0.625. The lowest BCUT2D eigenvalue weighted by molar-refractivity contribution is 0.00414. The predicted molar refractivity (Wildman–Crippen MR) is 81.7 cm³/mol. The summed E-state index contributed by atoms with van der Waals surface area (Å²) in [5.41, 5.74) is 7.42. The number of halogens is 1. The summed E-state index contributed by atoms with van der Waals surface area (Å²) in [5.74, 6) is 0. The van der Waals surface area contributed by atoms with E-state index in [2.05, 4.69) is 17.9 Å². The maximum atomic E-state index is 9.97. The SMILES string of the molecule is CC(N)C(c1ccccc1Cl)N1C2CCC1CC(O)C2. The molecular formula is C16H23ClN2O. The molecule has 3 rings (SSSR count). The maximum absolute atomic E-state index is 9.97. The van der Waals surface area contributed by atoms with Crippen molar-refractivity contribution in [2.24, 2.45) is 5.73 Å². The van der Waals surface area contributed by atoms with E-state index >= 15 is 0 Å². The molecule has 0 radical (unpaired) electrons. The zero-order chi connectivity index (χ0) is 14.3. The van der Waals surface area contributed by atoms with Crippen LogP contribution in [0.5, 0.6) is 0 Å². The standard InChI is InChI=1S/C16H23ClN2O/c1-10(18)16(14-4-2-3-5-15(14)17)19-11-6-7-12(19)9-13(20)8-11/h2-5,10-13,16,20H,6-9,18H2,1H3. The van der Waals surface area contributed by atoms with Gasteiger partial charge in [-0.15, -0.1) is 0 Å². The summed E-state index contributed by atoms with van der Waals surface area (Å²) in [6, 6.07) is 9.05. The van der Waals surface area contributed by atoms with Crippen molar-refractivity contribution in [2.75, 3.05) is 0 Å². The van der Waals surface area contributed by atoms with Crippen LogP contribution in [-0.2, 0) is 0 Å². The Labute approximate surface area is 125 Å². The van der Waals surface area contributed by atoms with Gasteiger partial charge in [-0.05, 0) is 44.2 Å². The second kappa shape index (κ2) is 5.64. The Balaban J connectivity index is 1.95. The molecule has 3 N–H and O–H groups in total. The molecule has 2 heterocycles. The minimum Gasteiger partial charge on any atom is -0.393 e. The maximum Gasteiger partial charge on any atom is 0.0570 e. The van der Waals surface area contributed by atoms with E-state index in [9.17, 15) is 5.11 Å². The number of nitrogens with two attached hydrogens (primary N) is 1. The number of fused-ring (bicyclic) bond motifs is 2. The number of hydrogen-bond acceptors (Lipinski definition) is 3. The van der Waals surface area contributed by atoms with Gasteiger partial charge in [-0.25, -0.2) is 0 Å². The van der Waals surface area contributed by atoms with E-state index in [1.165, 1.54) is 0 Å². The van der Waals surface area contributed by atoms with Gasteiger partial charge in [0.05, 0.1) is 12.1 Å². The topological polar surface area (TPSA) is 49.5 Å². The molecule has 0 aliphatic carbocycles. The molecule has 2 aliphatic heterocycles. The van der Waals surface area contributed by atoms with Crippen molar-refractivity contribution in [3.63, 3.8) is 0 Å². The Hall–Kier alpha value is -0.610. The largest absolute Gasteiger partial charge is 0.393 e. The number of rotatable bonds is 3. The van der Waals surface area contributed by atoms with Crippen LogP contribution in [0.2, 0.25) is 5.02 Å². The molecule has 2 aliphatic rings. The van der Waals surface area contributed by atoms with Gasteiger partial charge in [0.25, 0.3) is 0 Å². The highest BCUT2D eigenvalue weighted by molar-refractivity contribution is 6.31. The average molecular weight is 295 g/mol. The fourth-order valence-electron chi connectivity index (χ4n) is 4.07. The first-order chi connectivity index (χ1) is 9.58. The summed E-state index contributed by atoms with van der Waals surface area (Å²) < 4.78 is 0. The lowest BCUT2D eigenvalue weighted by atomic mass is 9.91. The zero-order valence-electron chi connectivity index (χ0n) is 11.9. The molecule has 110 valence electrons. The number of aliphatic hydroxyl groups is 1. The normalized spacial score (nSPS) is 33.1. The highest BCUT2D eigenvalue weighted by atomic mass is 35.5. The molecule has 1 aromatic carbocycles. The van der Waals surface area contributed by atoms with Crippen LogP contribution in [0, 0.1) is 0 Å². The molecule has 0 spiro atoms. The molecule has 1 aromatic rings. The van der Waals surface area contributed by atoms with Crippen LogP contribution < -0.4 is 5.73 Å². The van der Waals surface area contributed by atoms with E-state index in [1.807, 2.05) is 18.2 Å². The Morgan fingerprint density at radius 2 is 1.85 bits per heavy atom. The molecule has 0 aromatic heterocycles. The van der Waals surface area contributed by atoms with Crippen LogP contribution in [0.15, 0.2) is 24.3 Å². The molecule has 3 nitrogen and oxygen atoms in total. The molecule has 4 unspecified atom stereocenters. The first-order valence-corrected chi connectivity index (χ1v) is 7.91. The second-order valence-corrected chi connectivity index (χ2v) is 6.69. The minimum atomic E-state index is -0.149. The Bertz CT molecular complexity index is 465. The zero-order valence-corrected chi connectivity index (χ0v) is 12.6. The van der Waals surface area contributed by atoms with Crippen LogP contribution in [0.3, 0.4) is 0 Å². The van der Waals surface area contributed by atoms with Gasteiger partial charge >= 0.3 is 0 Å². The van der Waals surface area contributed by atoms with E-state index in [4.69, 9.17) is 17.3 Å². The monoisotopic (exact) mass is 294 g/mol. The molecule has 2 fully saturated rings. The van der Waals surface area contributed by atoms with Crippen molar-refractivity contribution in [1.29, 1.82) is 0 Å². The number of aliphatic hydroxyl groups excluding tert-OH is 1. The number of hydrogen-bond donors (Lipinski definition) is 2. The first-order valence-electron chi connectivity index (χ1n) is 7.53. The summed E-state index contributed by atoms with van der Waals surface area (Å²) in [4.78, 5) is 2.53. The third-order valence-corrected chi connectivity index (χ3v) is 5.15. The van der Waals surface area contributed by atoms with Crippen LogP contribution in [0.1, 0.15) is 44.2 Å². The second-order valence-electron chi connectivity index (χ2n) is 6.28. The molecular weight excluding hydrogens is 272 g/mol. The van der Waals surface area contributed by atoms with Gasteiger partial charge in [0.15, 0.2) is 0 Å². The molecule has 2 bridgehead atoms. The lowest BCUT2D eigenvalue weighted by Gasteiger charge is -2.44. The molecule has 4 atom stereocenters. The lowest BCUT2D eigenvalue weighted by Crippen LogP contribution is -2.50. The van der Waals surface area contributed by atoms with Crippen molar-refractivity contribution >= 4 is 11.6 Å². The summed E-state index contributed by atoms with van der Waals surface area (Å²) in [7, 11) is 0. The van der Waals surface area contributed by atoms with Crippen molar-refractivity contribution in [2.45, 2.75) is 62.9 Å². The average Bonchev–Trinajstić information content (AvgIpc) is 2.65.